The van der Waals surface area contributed by atoms with Crippen molar-refractivity contribution in [1.82, 2.24) is 15.1 Å². The van der Waals surface area contributed by atoms with E-state index >= 15 is 0 Å². The van der Waals surface area contributed by atoms with Crippen LogP contribution >= 0.6 is 0 Å². The largest absolute Gasteiger partial charge is 0.447 e. The van der Waals surface area contributed by atoms with Gasteiger partial charge in [-0.2, -0.15) is 5.10 Å². The summed E-state index contributed by atoms with van der Waals surface area (Å²) in [5, 5.41) is 7.69. The van der Waals surface area contributed by atoms with Gasteiger partial charge in [-0.1, -0.05) is 12.1 Å². The number of hydrogen-bond acceptors (Lipinski definition) is 4. The van der Waals surface area contributed by atoms with Crippen LogP contribution in [0, 0.1) is 0 Å². The number of nitrogens with one attached hydrogen (secondary N) is 1. The lowest BCUT2D eigenvalue weighted by atomic mass is 10.1. The minimum Gasteiger partial charge on any atom is -0.447 e. The van der Waals surface area contributed by atoms with Gasteiger partial charge in [0.15, 0.2) is 0 Å². The number of anilines is 1. The Morgan fingerprint density at radius 2 is 2.30 bits per heavy atom. The maximum absolute atomic E-state index is 11.7. The van der Waals surface area contributed by atoms with Gasteiger partial charge in [0.05, 0.1) is 12.7 Å². The van der Waals surface area contributed by atoms with Crippen LogP contribution in [0.4, 0.5) is 10.5 Å². The molecule has 6 heteroatoms. The summed E-state index contributed by atoms with van der Waals surface area (Å²) in [6.07, 6.45) is 4.60. The highest BCUT2D eigenvalue weighted by atomic mass is 16.6. The summed E-state index contributed by atoms with van der Waals surface area (Å²) in [7, 11) is 1.93. The highest BCUT2D eigenvalue weighted by Gasteiger charge is 2.23. The van der Waals surface area contributed by atoms with Gasteiger partial charge in [-0.15, -0.1) is 0 Å². The van der Waals surface area contributed by atoms with Gasteiger partial charge in [0.1, 0.15) is 6.61 Å². The first-order chi connectivity index (χ1) is 11.1. The Morgan fingerprint density at radius 1 is 1.43 bits per heavy atom. The van der Waals surface area contributed by atoms with Gasteiger partial charge in [-0.05, 0) is 43.1 Å². The van der Waals surface area contributed by atoms with Crippen LogP contribution in [-0.2, 0) is 18.2 Å². The van der Waals surface area contributed by atoms with Crippen LogP contribution in [0.5, 0.6) is 0 Å². The van der Waals surface area contributed by atoms with E-state index in [0.29, 0.717) is 13.2 Å². The van der Waals surface area contributed by atoms with Crippen LogP contribution in [-0.4, -0.2) is 35.6 Å². The Balaban J connectivity index is 1.58. The van der Waals surface area contributed by atoms with Crippen molar-refractivity contribution < 1.29 is 9.53 Å². The van der Waals surface area contributed by atoms with E-state index in [0.717, 1.165) is 24.2 Å². The van der Waals surface area contributed by atoms with Crippen LogP contribution in [0.25, 0.3) is 0 Å². The van der Waals surface area contributed by atoms with Crippen molar-refractivity contribution in [3.8, 4) is 0 Å². The van der Waals surface area contributed by atoms with E-state index in [2.05, 4.69) is 23.4 Å². The third kappa shape index (κ3) is 3.71. The molecule has 1 aliphatic rings. The molecule has 1 fully saturated rings. The van der Waals surface area contributed by atoms with Gasteiger partial charge in [0, 0.05) is 25.0 Å². The lowest BCUT2D eigenvalue weighted by Gasteiger charge is -2.18. The molecule has 0 saturated carbocycles. The summed E-state index contributed by atoms with van der Waals surface area (Å²) < 4.78 is 6.82. The summed E-state index contributed by atoms with van der Waals surface area (Å²) >= 11 is 0. The van der Waals surface area contributed by atoms with Crippen molar-refractivity contribution in [2.45, 2.75) is 19.4 Å². The summed E-state index contributed by atoms with van der Waals surface area (Å²) in [5.74, 6) is 0. The molecule has 1 saturated heterocycles. The molecule has 2 heterocycles. The SMILES string of the molecule is C[C@@H](NCCc1cnn(C)c1)c1cccc(N2CCOC2=O)c1. The molecule has 1 amide bonds. The van der Waals surface area contributed by atoms with E-state index in [4.69, 9.17) is 4.74 Å². The summed E-state index contributed by atoms with van der Waals surface area (Å²) in [6.45, 7) is 4.08. The molecule has 3 rings (SSSR count). The molecule has 1 N–H and O–H groups in total. The van der Waals surface area contributed by atoms with E-state index in [1.54, 1.807) is 4.90 Å². The van der Waals surface area contributed by atoms with Crippen LogP contribution in [0.3, 0.4) is 0 Å². The van der Waals surface area contributed by atoms with Gasteiger partial charge in [0.25, 0.3) is 0 Å². The minimum atomic E-state index is -0.265. The van der Waals surface area contributed by atoms with Crippen LogP contribution in [0.2, 0.25) is 0 Å². The van der Waals surface area contributed by atoms with Gasteiger partial charge in [-0.3, -0.25) is 9.58 Å². The van der Waals surface area contributed by atoms with Crippen molar-refractivity contribution in [2.75, 3.05) is 24.6 Å². The number of benzene rings is 1. The zero-order valence-electron chi connectivity index (χ0n) is 13.5. The van der Waals surface area contributed by atoms with E-state index in [1.807, 2.05) is 42.3 Å². The number of carbonyl (C=O) groups is 1. The van der Waals surface area contributed by atoms with Crippen molar-refractivity contribution in [3.05, 3.63) is 47.8 Å². The molecule has 122 valence electrons. The number of aromatic nitrogens is 2. The zero-order valence-corrected chi connectivity index (χ0v) is 13.5. The molecule has 1 atom stereocenters. The molecule has 2 aromatic rings. The van der Waals surface area contributed by atoms with Gasteiger partial charge in [-0.25, -0.2) is 4.79 Å². The molecule has 0 bridgehead atoms. The summed E-state index contributed by atoms with van der Waals surface area (Å²) in [5.41, 5.74) is 3.28. The lowest BCUT2D eigenvalue weighted by Crippen LogP contribution is -2.24. The summed E-state index contributed by atoms with van der Waals surface area (Å²) in [6, 6.07) is 8.26. The Bertz CT molecular complexity index is 683. The van der Waals surface area contributed by atoms with Gasteiger partial charge < -0.3 is 10.1 Å². The van der Waals surface area contributed by atoms with Crippen LogP contribution in [0.1, 0.15) is 24.1 Å². The molecule has 1 aliphatic heterocycles. The van der Waals surface area contributed by atoms with Crippen molar-refractivity contribution >= 4 is 11.8 Å². The smallest absolute Gasteiger partial charge is 0.414 e. The van der Waals surface area contributed by atoms with Gasteiger partial charge >= 0.3 is 6.09 Å². The van der Waals surface area contributed by atoms with E-state index < -0.39 is 0 Å². The molecule has 6 nitrogen and oxygen atoms in total. The maximum Gasteiger partial charge on any atom is 0.414 e. The monoisotopic (exact) mass is 314 g/mol. The number of cyclic esters (lactones) is 1. The first-order valence-corrected chi connectivity index (χ1v) is 7.88. The number of ether oxygens (including phenoxy) is 1. The van der Waals surface area contributed by atoms with Gasteiger partial charge in [0.2, 0.25) is 0 Å². The molecule has 0 spiro atoms. The van der Waals surface area contributed by atoms with E-state index in [1.165, 1.54) is 5.56 Å². The normalized spacial score (nSPS) is 15.7. The van der Waals surface area contributed by atoms with Crippen LogP contribution in [0.15, 0.2) is 36.7 Å². The number of amides is 1. The quantitative estimate of drug-likeness (QED) is 0.888. The average Bonchev–Trinajstić information content (AvgIpc) is 3.16. The van der Waals surface area contributed by atoms with E-state index in [-0.39, 0.29) is 12.1 Å². The second-order valence-corrected chi connectivity index (χ2v) is 5.81. The standard InChI is InChI=1S/C17H22N4O2/c1-13(18-7-6-14-11-19-20(2)12-14)15-4-3-5-16(10-15)21-8-9-23-17(21)22/h3-5,10-13,18H,6-9H2,1-2H3/t13-/m1/s1. The second kappa shape index (κ2) is 6.83. The third-order valence-corrected chi connectivity index (χ3v) is 4.07. The number of aryl methyl sites for hydroxylation is 1. The Hall–Kier alpha value is -2.34. The molecule has 0 unspecified atom stereocenters. The molecule has 1 aromatic carbocycles. The number of carbonyl (C=O) groups excluding carboxylic acids is 1. The zero-order chi connectivity index (χ0) is 16.2. The number of hydrogen-bond donors (Lipinski definition) is 1. The van der Waals surface area contributed by atoms with Crippen molar-refractivity contribution in [2.24, 2.45) is 7.05 Å². The highest BCUT2D eigenvalue weighted by Crippen LogP contribution is 2.23. The van der Waals surface area contributed by atoms with E-state index in [9.17, 15) is 4.79 Å². The first kappa shape index (κ1) is 15.6. The van der Waals surface area contributed by atoms with Crippen LogP contribution < -0.4 is 10.2 Å². The predicted octanol–water partition coefficient (Wildman–Crippen LogP) is 2.27. The Kier molecular flexibility index (Phi) is 4.62. The fraction of sp³-hybridized carbons (Fsp3) is 0.412. The number of rotatable bonds is 6. The molecule has 0 aliphatic carbocycles. The highest BCUT2D eigenvalue weighted by molar-refractivity contribution is 5.89. The third-order valence-electron chi connectivity index (χ3n) is 4.07. The minimum absolute atomic E-state index is 0.213. The lowest BCUT2D eigenvalue weighted by molar-refractivity contribution is 0.181. The molecular formula is C17H22N4O2. The molecule has 1 aromatic heterocycles. The Labute approximate surface area is 136 Å². The summed E-state index contributed by atoms with van der Waals surface area (Å²) in [4.78, 5) is 13.3. The topological polar surface area (TPSA) is 59.4 Å². The Morgan fingerprint density at radius 3 is 3.00 bits per heavy atom. The average molecular weight is 314 g/mol. The fourth-order valence-corrected chi connectivity index (χ4v) is 2.74. The maximum atomic E-state index is 11.7. The number of nitrogens with zero attached hydrogens (tertiary/aromatic N) is 3. The van der Waals surface area contributed by atoms with Crippen molar-refractivity contribution in [1.29, 1.82) is 0 Å². The predicted molar refractivity (Wildman–Crippen MR) is 88.5 cm³/mol. The first-order valence-electron chi connectivity index (χ1n) is 7.88. The molecule has 23 heavy (non-hydrogen) atoms. The van der Waals surface area contributed by atoms with Crippen molar-refractivity contribution in [3.63, 3.8) is 0 Å². The fourth-order valence-electron chi connectivity index (χ4n) is 2.74. The molecular weight excluding hydrogens is 292 g/mol. The molecule has 0 radical (unpaired) electrons. The second-order valence-electron chi connectivity index (χ2n) is 5.81.